The highest BCUT2D eigenvalue weighted by molar-refractivity contribution is 5.98. The van der Waals surface area contributed by atoms with Gasteiger partial charge in [0.25, 0.3) is 5.91 Å². The Balaban J connectivity index is 1.58. The van der Waals surface area contributed by atoms with Crippen molar-refractivity contribution in [3.05, 3.63) is 22.8 Å². The van der Waals surface area contributed by atoms with Crippen molar-refractivity contribution in [1.29, 1.82) is 0 Å². The van der Waals surface area contributed by atoms with E-state index in [-0.39, 0.29) is 12.5 Å². The topological polar surface area (TPSA) is 76.8 Å². The van der Waals surface area contributed by atoms with Gasteiger partial charge in [-0.05, 0) is 50.7 Å². The van der Waals surface area contributed by atoms with Gasteiger partial charge in [-0.3, -0.25) is 4.79 Å². The molecule has 0 radical (unpaired) electrons. The maximum atomic E-state index is 15.2. The number of nitrogen functional groups attached to an aromatic ring is 1. The summed E-state index contributed by atoms with van der Waals surface area (Å²) in [6.07, 6.45) is 3.49. The molecule has 7 heteroatoms. The number of nitrogens with one attached hydrogen (secondary N) is 1. The van der Waals surface area contributed by atoms with Crippen molar-refractivity contribution in [3.8, 4) is 5.75 Å². The van der Waals surface area contributed by atoms with Gasteiger partial charge in [-0.2, -0.15) is 0 Å². The first kappa shape index (κ1) is 20.9. The summed E-state index contributed by atoms with van der Waals surface area (Å²) >= 11 is 0. The molecule has 2 heterocycles. The molecule has 0 bridgehead atoms. The zero-order chi connectivity index (χ0) is 20.1. The van der Waals surface area contributed by atoms with Gasteiger partial charge in [-0.15, -0.1) is 0 Å². The number of methoxy groups -OCH3 is 1. The van der Waals surface area contributed by atoms with Crippen LogP contribution >= 0.6 is 0 Å². The van der Waals surface area contributed by atoms with Crippen LogP contribution in [0.2, 0.25) is 0 Å². The first-order chi connectivity index (χ1) is 13.4. The molecule has 6 nitrogen and oxygen atoms in total. The smallest absolute Gasteiger partial charge is 0.255 e. The van der Waals surface area contributed by atoms with Crippen LogP contribution in [-0.2, 0) is 11.2 Å². The van der Waals surface area contributed by atoms with Crippen LogP contribution in [0.5, 0.6) is 5.75 Å². The number of alkyl halides is 1. The van der Waals surface area contributed by atoms with Crippen molar-refractivity contribution < 1.29 is 18.7 Å². The highest BCUT2D eigenvalue weighted by atomic mass is 19.1. The Labute approximate surface area is 166 Å². The lowest BCUT2D eigenvalue weighted by Crippen LogP contribution is -2.48. The molecule has 156 valence electrons. The number of likely N-dealkylation sites (tertiary alicyclic amines) is 1. The first-order valence-electron chi connectivity index (χ1n) is 10.2. The number of anilines is 1. The van der Waals surface area contributed by atoms with Gasteiger partial charge >= 0.3 is 0 Å². The number of fused-ring (bicyclic) bond motifs is 1. The molecule has 3 rings (SSSR count). The number of carbonyl (C=O) groups is 1. The highest BCUT2D eigenvalue weighted by Crippen LogP contribution is 2.36. The summed E-state index contributed by atoms with van der Waals surface area (Å²) in [7, 11) is 1.69. The zero-order valence-corrected chi connectivity index (χ0v) is 17.0. The number of ether oxygens (including phenoxy) is 2. The molecule has 1 aromatic carbocycles. The Morgan fingerprint density at radius 3 is 2.89 bits per heavy atom. The molecule has 0 atom stereocenters. The normalized spacial score (nSPS) is 19.0. The van der Waals surface area contributed by atoms with Gasteiger partial charge in [-0.25, -0.2) is 4.39 Å². The van der Waals surface area contributed by atoms with Crippen LogP contribution in [0.15, 0.2) is 6.07 Å². The van der Waals surface area contributed by atoms with Crippen molar-refractivity contribution in [3.63, 3.8) is 0 Å². The number of aryl methyl sites for hydroxylation is 1. The molecule has 0 aromatic heterocycles. The van der Waals surface area contributed by atoms with Crippen LogP contribution in [0.4, 0.5) is 10.1 Å². The fraction of sp³-hybridized carbons (Fsp3) is 0.667. The largest absolute Gasteiger partial charge is 0.492 e. The molecular formula is C21H32FN3O3. The number of halogens is 1. The average Bonchev–Trinajstić information content (AvgIpc) is 2.71. The Kier molecular flexibility index (Phi) is 6.78. The second kappa shape index (κ2) is 9.09. The molecule has 0 aliphatic carbocycles. The van der Waals surface area contributed by atoms with Crippen molar-refractivity contribution >= 4 is 11.6 Å². The van der Waals surface area contributed by atoms with E-state index in [0.717, 1.165) is 43.5 Å². The Morgan fingerprint density at radius 1 is 1.43 bits per heavy atom. The fourth-order valence-electron chi connectivity index (χ4n) is 4.01. The number of hydrogen-bond acceptors (Lipinski definition) is 5. The molecule has 0 spiro atoms. The average molecular weight is 394 g/mol. The minimum absolute atomic E-state index is 0.0238. The van der Waals surface area contributed by atoms with Gasteiger partial charge in [0.2, 0.25) is 0 Å². The fourth-order valence-corrected chi connectivity index (χ4v) is 4.01. The van der Waals surface area contributed by atoms with E-state index >= 15 is 4.39 Å². The lowest BCUT2D eigenvalue weighted by Gasteiger charge is -2.36. The quantitative estimate of drug-likeness (QED) is 0.550. The molecule has 2 aliphatic rings. The Morgan fingerprint density at radius 2 is 2.18 bits per heavy atom. The van der Waals surface area contributed by atoms with E-state index in [0.29, 0.717) is 49.5 Å². The molecule has 1 aromatic rings. The minimum Gasteiger partial charge on any atom is -0.492 e. The van der Waals surface area contributed by atoms with Crippen LogP contribution < -0.4 is 15.8 Å². The predicted octanol–water partition coefficient (Wildman–Crippen LogP) is 2.47. The number of piperidine rings is 1. The number of nitrogens with zero attached hydrogens (tertiary/aromatic N) is 1. The SMILES string of the molecule is COCCCN1CCC(F)(CNC(=O)c2cc(C)c(N)c3c2OCCC3)CC1. The molecule has 1 fully saturated rings. The van der Waals surface area contributed by atoms with Gasteiger partial charge in [-0.1, -0.05) is 0 Å². The second-order valence-corrected chi connectivity index (χ2v) is 7.94. The van der Waals surface area contributed by atoms with Crippen LogP contribution in [0.25, 0.3) is 0 Å². The second-order valence-electron chi connectivity index (χ2n) is 7.94. The minimum atomic E-state index is -1.36. The number of hydrogen-bond donors (Lipinski definition) is 2. The van der Waals surface area contributed by atoms with Gasteiger partial charge in [0.15, 0.2) is 0 Å². The summed E-state index contributed by atoms with van der Waals surface area (Å²) < 4.78 is 26.0. The number of nitrogens with two attached hydrogens (primary N) is 1. The lowest BCUT2D eigenvalue weighted by atomic mass is 9.92. The summed E-state index contributed by atoms with van der Waals surface area (Å²) in [5.74, 6) is 0.272. The van der Waals surface area contributed by atoms with E-state index in [2.05, 4.69) is 10.2 Å². The van der Waals surface area contributed by atoms with Crippen molar-refractivity contribution in [2.75, 3.05) is 52.2 Å². The molecule has 1 saturated heterocycles. The van der Waals surface area contributed by atoms with Crippen LogP contribution in [0.3, 0.4) is 0 Å². The lowest BCUT2D eigenvalue weighted by molar-refractivity contribution is 0.0510. The van der Waals surface area contributed by atoms with Gasteiger partial charge in [0.1, 0.15) is 11.4 Å². The van der Waals surface area contributed by atoms with Gasteiger partial charge in [0.05, 0.1) is 18.7 Å². The summed E-state index contributed by atoms with van der Waals surface area (Å²) in [4.78, 5) is 15.0. The third kappa shape index (κ3) is 4.75. The molecule has 2 aliphatic heterocycles. The molecular weight excluding hydrogens is 361 g/mol. The standard InChI is InChI=1S/C21H32FN3O3/c1-15-13-17(19-16(18(15)23)5-3-12-28-19)20(26)24-14-21(22)6-9-25(10-7-21)8-4-11-27-2/h13H,3-12,14,23H2,1-2H3,(H,24,26). The summed E-state index contributed by atoms with van der Waals surface area (Å²) in [5, 5.41) is 2.80. The van der Waals surface area contributed by atoms with Crippen LogP contribution in [0, 0.1) is 6.92 Å². The monoisotopic (exact) mass is 393 g/mol. The van der Waals surface area contributed by atoms with E-state index in [1.54, 1.807) is 13.2 Å². The summed E-state index contributed by atoms with van der Waals surface area (Å²) in [6.45, 7) is 5.53. The van der Waals surface area contributed by atoms with Crippen LogP contribution in [-0.4, -0.2) is 63.0 Å². The van der Waals surface area contributed by atoms with Crippen molar-refractivity contribution in [1.82, 2.24) is 10.2 Å². The molecule has 0 saturated carbocycles. The molecule has 28 heavy (non-hydrogen) atoms. The Hall–Kier alpha value is -1.86. The molecule has 0 unspecified atom stereocenters. The number of amides is 1. The third-order valence-corrected chi connectivity index (χ3v) is 5.83. The highest BCUT2D eigenvalue weighted by Gasteiger charge is 2.35. The van der Waals surface area contributed by atoms with E-state index in [4.69, 9.17) is 15.2 Å². The molecule has 1 amide bonds. The molecule has 3 N–H and O–H groups in total. The van der Waals surface area contributed by atoms with Gasteiger partial charge < -0.3 is 25.4 Å². The zero-order valence-electron chi connectivity index (χ0n) is 17.0. The predicted molar refractivity (Wildman–Crippen MR) is 108 cm³/mol. The van der Waals surface area contributed by atoms with Crippen molar-refractivity contribution in [2.45, 2.75) is 44.7 Å². The van der Waals surface area contributed by atoms with E-state index in [1.165, 1.54) is 0 Å². The van der Waals surface area contributed by atoms with E-state index in [1.807, 2.05) is 6.92 Å². The van der Waals surface area contributed by atoms with Gasteiger partial charge in [0, 0.05) is 44.6 Å². The summed E-state index contributed by atoms with van der Waals surface area (Å²) in [5.41, 5.74) is 7.70. The number of rotatable bonds is 7. The maximum Gasteiger partial charge on any atom is 0.255 e. The Bertz CT molecular complexity index is 703. The number of benzene rings is 1. The number of carbonyl (C=O) groups excluding carboxylic acids is 1. The maximum absolute atomic E-state index is 15.2. The van der Waals surface area contributed by atoms with Crippen LogP contribution in [0.1, 0.15) is 47.2 Å². The first-order valence-corrected chi connectivity index (χ1v) is 10.2. The van der Waals surface area contributed by atoms with E-state index < -0.39 is 5.67 Å². The van der Waals surface area contributed by atoms with Crippen molar-refractivity contribution in [2.24, 2.45) is 0 Å². The van der Waals surface area contributed by atoms with E-state index in [9.17, 15) is 4.79 Å². The third-order valence-electron chi connectivity index (χ3n) is 5.83. The summed E-state index contributed by atoms with van der Waals surface area (Å²) in [6, 6.07) is 1.75.